The van der Waals surface area contributed by atoms with E-state index in [0.29, 0.717) is 0 Å². The van der Waals surface area contributed by atoms with Gasteiger partial charge in [0.15, 0.2) is 5.82 Å². The van der Waals surface area contributed by atoms with E-state index in [2.05, 4.69) is 105 Å². The van der Waals surface area contributed by atoms with Gasteiger partial charge in [-0.1, -0.05) is 60.7 Å². The van der Waals surface area contributed by atoms with Gasteiger partial charge in [0.2, 0.25) is 0 Å². The third-order valence-electron chi connectivity index (χ3n) is 6.38. The van der Waals surface area contributed by atoms with Crippen molar-refractivity contribution in [2.75, 3.05) is 0 Å². The number of benzene rings is 4. The molecule has 7 rings (SSSR count). The van der Waals surface area contributed by atoms with Crippen molar-refractivity contribution in [3.05, 3.63) is 121 Å². The molecule has 4 nitrogen and oxygen atoms in total. The zero-order valence-corrected chi connectivity index (χ0v) is 18.3. The molecule has 0 N–H and O–H groups in total. The van der Waals surface area contributed by atoms with E-state index in [9.17, 15) is 0 Å². The molecule has 0 bridgehead atoms. The van der Waals surface area contributed by atoms with Gasteiger partial charge in [-0.25, -0.2) is 4.98 Å². The van der Waals surface area contributed by atoms with Crippen molar-refractivity contribution in [1.29, 1.82) is 0 Å². The molecular formula is C30H20N4. The fraction of sp³-hybridized carbons (Fsp3) is 0. The number of rotatable bonds is 3. The van der Waals surface area contributed by atoms with Crippen LogP contribution in [0.5, 0.6) is 0 Å². The van der Waals surface area contributed by atoms with Gasteiger partial charge in [0.05, 0.1) is 22.1 Å². The van der Waals surface area contributed by atoms with Gasteiger partial charge >= 0.3 is 0 Å². The lowest BCUT2D eigenvalue weighted by Crippen LogP contribution is -1.98. The largest absolute Gasteiger partial charge is 0.309 e. The summed E-state index contributed by atoms with van der Waals surface area (Å²) in [7, 11) is 0. The van der Waals surface area contributed by atoms with Crippen LogP contribution in [0.1, 0.15) is 0 Å². The first kappa shape index (κ1) is 18.8. The topological polar surface area (TPSA) is 35.6 Å². The number of para-hydroxylation sites is 3. The van der Waals surface area contributed by atoms with Crippen LogP contribution >= 0.6 is 0 Å². The summed E-state index contributed by atoms with van der Waals surface area (Å²) < 4.78 is 4.54. The molecule has 0 aliphatic rings. The fourth-order valence-corrected chi connectivity index (χ4v) is 4.96. The number of nitrogens with zero attached hydrogens (tertiary/aromatic N) is 4. The van der Waals surface area contributed by atoms with Gasteiger partial charge < -0.3 is 4.57 Å². The van der Waals surface area contributed by atoms with Gasteiger partial charge in [-0.2, -0.15) is 0 Å². The van der Waals surface area contributed by atoms with E-state index in [-0.39, 0.29) is 0 Å². The van der Waals surface area contributed by atoms with Crippen molar-refractivity contribution in [3.63, 3.8) is 0 Å². The minimum Gasteiger partial charge on any atom is -0.309 e. The molecule has 0 unspecified atom stereocenters. The Morgan fingerprint density at radius 2 is 1.15 bits per heavy atom. The van der Waals surface area contributed by atoms with Crippen LogP contribution in [-0.4, -0.2) is 19.1 Å². The van der Waals surface area contributed by atoms with Crippen LogP contribution in [0.15, 0.2) is 121 Å². The summed E-state index contributed by atoms with van der Waals surface area (Å²) in [6.07, 6.45) is 1.82. The molecule has 0 aliphatic heterocycles. The zero-order valence-electron chi connectivity index (χ0n) is 18.3. The minimum atomic E-state index is 0.839. The average Bonchev–Trinajstić information content (AvgIpc) is 3.46. The average molecular weight is 437 g/mol. The Kier molecular flexibility index (Phi) is 4.11. The Morgan fingerprint density at radius 3 is 1.88 bits per heavy atom. The van der Waals surface area contributed by atoms with Gasteiger partial charge in [0, 0.05) is 28.3 Å². The van der Waals surface area contributed by atoms with Crippen LogP contribution < -0.4 is 0 Å². The van der Waals surface area contributed by atoms with E-state index in [1.54, 1.807) is 0 Å². The van der Waals surface area contributed by atoms with Crippen LogP contribution in [0.2, 0.25) is 0 Å². The van der Waals surface area contributed by atoms with Crippen molar-refractivity contribution in [3.8, 4) is 22.9 Å². The molecule has 160 valence electrons. The van der Waals surface area contributed by atoms with Crippen LogP contribution in [0.4, 0.5) is 0 Å². The lowest BCUT2D eigenvalue weighted by atomic mass is 10.1. The summed E-state index contributed by atoms with van der Waals surface area (Å²) in [5.41, 5.74) is 7.41. The second-order valence-corrected chi connectivity index (χ2v) is 8.34. The predicted molar refractivity (Wildman–Crippen MR) is 139 cm³/mol. The predicted octanol–water partition coefficient (Wildman–Crippen LogP) is 7.18. The van der Waals surface area contributed by atoms with Gasteiger partial charge in [0.25, 0.3) is 0 Å². The maximum Gasteiger partial charge on any atom is 0.164 e. The number of fused-ring (bicyclic) bond motifs is 5. The molecule has 0 spiro atoms. The molecule has 4 aromatic carbocycles. The summed E-state index contributed by atoms with van der Waals surface area (Å²) in [5, 5.41) is 2.35. The van der Waals surface area contributed by atoms with Crippen molar-refractivity contribution < 1.29 is 0 Å². The maximum atomic E-state index is 5.23. The fourth-order valence-electron chi connectivity index (χ4n) is 4.96. The van der Waals surface area contributed by atoms with Crippen LogP contribution in [-0.2, 0) is 0 Å². The van der Waals surface area contributed by atoms with Crippen molar-refractivity contribution in [2.24, 2.45) is 0 Å². The van der Waals surface area contributed by atoms with Gasteiger partial charge in [-0.3, -0.25) is 9.55 Å². The molecule has 0 atom stereocenters. The third-order valence-corrected chi connectivity index (χ3v) is 6.38. The van der Waals surface area contributed by atoms with E-state index in [1.165, 1.54) is 10.9 Å². The number of imidazole rings is 1. The van der Waals surface area contributed by atoms with Crippen LogP contribution in [0.25, 0.3) is 55.7 Å². The molecule has 0 aliphatic carbocycles. The van der Waals surface area contributed by atoms with Crippen LogP contribution in [0, 0.1) is 0 Å². The summed E-state index contributed by atoms with van der Waals surface area (Å²) in [5.74, 6) is 0.839. The summed E-state index contributed by atoms with van der Waals surface area (Å²) in [4.78, 5) is 9.87. The van der Waals surface area contributed by atoms with Crippen molar-refractivity contribution in [2.45, 2.75) is 0 Å². The van der Waals surface area contributed by atoms with Crippen LogP contribution in [0.3, 0.4) is 0 Å². The Labute approximate surface area is 196 Å². The summed E-state index contributed by atoms with van der Waals surface area (Å²) >= 11 is 0. The molecule has 0 amide bonds. The second-order valence-electron chi connectivity index (χ2n) is 8.34. The summed E-state index contributed by atoms with van der Waals surface area (Å²) in [6.45, 7) is 0. The Balaban J connectivity index is 1.66. The van der Waals surface area contributed by atoms with Gasteiger partial charge in [-0.05, 0) is 54.6 Å². The molecule has 0 saturated carbocycles. The quantitative estimate of drug-likeness (QED) is 0.294. The molecule has 0 radical (unpaired) electrons. The normalized spacial score (nSPS) is 11.5. The second kappa shape index (κ2) is 7.42. The van der Waals surface area contributed by atoms with E-state index in [1.807, 2.05) is 30.5 Å². The highest BCUT2D eigenvalue weighted by Gasteiger charge is 2.21. The lowest BCUT2D eigenvalue weighted by molar-refractivity contribution is 1.08. The monoisotopic (exact) mass is 436 g/mol. The zero-order chi connectivity index (χ0) is 22.5. The highest BCUT2D eigenvalue weighted by atomic mass is 15.1. The highest BCUT2D eigenvalue weighted by molar-refractivity contribution is 6.20. The first-order valence-electron chi connectivity index (χ1n) is 11.4. The third kappa shape index (κ3) is 2.72. The molecule has 34 heavy (non-hydrogen) atoms. The number of hydrogen-bond acceptors (Lipinski definition) is 2. The van der Waals surface area contributed by atoms with E-state index in [4.69, 9.17) is 4.98 Å². The molecular weight excluding hydrogens is 416 g/mol. The first-order chi connectivity index (χ1) is 16.9. The van der Waals surface area contributed by atoms with Crippen molar-refractivity contribution >= 4 is 32.8 Å². The van der Waals surface area contributed by atoms with E-state index >= 15 is 0 Å². The molecule has 3 heterocycles. The maximum absolute atomic E-state index is 5.23. The Morgan fingerprint density at radius 1 is 0.500 bits per heavy atom. The molecule has 7 aromatic rings. The first-order valence-corrected chi connectivity index (χ1v) is 11.4. The minimum absolute atomic E-state index is 0.839. The number of aromatic nitrogens is 4. The van der Waals surface area contributed by atoms with E-state index in [0.717, 1.165) is 44.8 Å². The molecule has 0 saturated heterocycles. The SMILES string of the molecule is c1ccc(-n2c(-c3ccccn3)nc3c4c5ccccc5n(-c5ccccc5)c4ccc32)cc1. The smallest absolute Gasteiger partial charge is 0.164 e. The summed E-state index contributed by atoms with van der Waals surface area (Å²) in [6, 6.07) is 39.8. The standard InChI is InChI=1S/C30H20N4/c1-3-11-21(12-4-1)33-25-17-8-7-15-23(25)28-26(33)18-19-27-29(28)32-30(24-16-9-10-20-31-24)34(27)22-13-5-2-6-14-22/h1-20H. The lowest BCUT2D eigenvalue weighted by Gasteiger charge is -2.09. The Hall–Kier alpha value is -4.70. The van der Waals surface area contributed by atoms with Gasteiger partial charge in [0.1, 0.15) is 5.69 Å². The number of hydrogen-bond donors (Lipinski definition) is 0. The van der Waals surface area contributed by atoms with Gasteiger partial charge in [-0.15, -0.1) is 0 Å². The Bertz CT molecular complexity index is 1780. The number of pyridine rings is 1. The highest BCUT2D eigenvalue weighted by Crippen LogP contribution is 2.38. The van der Waals surface area contributed by atoms with Crippen molar-refractivity contribution in [1.82, 2.24) is 19.1 Å². The molecule has 4 heteroatoms. The van der Waals surface area contributed by atoms with E-state index < -0.39 is 0 Å². The molecule has 3 aromatic heterocycles. The molecule has 0 fully saturated rings.